The number of aryl methyl sites for hydroxylation is 1. The summed E-state index contributed by atoms with van der Waals surface area (Å²) < 4.78 is 41.1. The smallest absolute Gasteiger partial charge is 0.267 e. The highest BCUT2D eigenvalue weighted by molar-refractivity contribution is 7.92. The van der Waals surface area contributed by atoms with Gasteiger partial charge in [0.1, 0.15) is 10.7 Å². The minimum Gasteiger partial charge on any atom is -0.381 e. The van der Waals surface area contributed by atoms with Crippen molar-refractivity contribution in [1.29, 1.82) is 0 Å². The van der Waals surface area contributed by atoms with Gasteiger partial charge in [0.25, 0.3) is 10.0 Å². The number of nitrogen functional groups attached to an aromatic ring is 1. The summed E-state index contributed by atoms with van der Waals surface area (Å²) in [5.74, 6) is -0.769. The average Bonchev–Trinajstić information content (AvgIpc) is 2.69. The van der Waals surface area contributed by atoms with Crippen LogP contribution in [-0.4, -0.2) is 18.2 Å². The number of sulfonamides is 1. The van der Waals surface area contributed by atoms with E-state index < -0.39 is 15.8 Å². The molecule has 2 rings (SSSR count). The third-order valence-corrected chi connectivity index (χ3v) is 4.10. The van der Waals surface area contributed by atoms with Crippen LogP contribution in [0.4, 0.5) is 15.9 Å². The zero-order valence-electron chi connectivity index (χ0n) is 10.5. The van der Waals surface area contributed by atoms with E-state index in [-0.39, 0.29) is 21.4 Å². The Morgan fingerprint density at radius 3 is 2.70 bits per heavy atom. The van der Waals surface area contributed by atoms with Crippen LogP contribution in [0.2, 0.25) is 5.02 Å². The van der Waals surface area contributed by atoms with Gasteiger partial charge in [0, 0.05) is 17.8 Å². The number of benzene rings is 1. The summed E-state index contributed by atoms with van der Waals surface area (Å²) >= 11 is 5.67. The predicted molar refractivity (Wildman–Crippen MR) is 74.5 cm³/mol. The zero-order valence-corrected chi connectivity index (χ0v) is 12.0. The molecule has 0 radical (unpaired) electrons. The van der Waals surface area contributed by atoms with E-state index in [1.54, 1.807) is 6.92 Å². The molecule has 0 aliphatic heterocycles. The van der Waals surface area contributed by atoms with Gasteiger partial charge in [0.05, 0.1) is 5.69 Å². The number of hydrogen-bond donors (Lipinski definition) is 2. The Bertz CT molecular complexity index is 725. The molecule has 2 aromatic rings. The van der Waals surface area contributed by atoms with E-state index in [0.717, 1.165) is 12.1 Å². The van der Waals surface area contributed by atoms with Gasteiger partial charge in [-0.05, 0) is 25.1 Å². The first-order valence-corrected chi connectivity index (χ1v) is 7.50. The van der Waals surface area contributed by atoms with Crippen LogP contribution >= 0.6 is 11.6 Å². The second kappa shape index (κ2) is 5.29. The Kier molecular flexibility index (Phi) is 3.87. The van der Waals surface area contributed by atoms with E-state index in [1.165, 1.54) is 16.9 Å². The van der Waals surface area contributed by atoms with Gasteiger partial charge in [-0.2, -0.15) is 5.10 Å². The molecule has 3 N–H and O–H groups in total. The van der Waals surface area contributed by atoms with Crippen LogP contribution in [0.3, 0.4) is 0 Å². The molecular weight excluding hydrogens is 307 g/mol. The van der Waals surface area contributed by atoms with E-state index in [2.05, 4.69) is 9.82 Å². The largest absolute Gasteiger partial charge is 0.381 e. The van der Waals surface area contributed by atoms with Gasteiger partial charge in [0.15, 0.2) is 5.82 Å². The van der Waals surface area contributed by atoms with Gasteiger partial charge in [-0.1, -0.05) is 11.6 Å². The highest BCUT2D eigenvalue weighted by atomic mass is 35.5. The van der Waals surface area contributed by atoms with Crippen molar-refractivity contribution in [1.82, 2.24) is 9.78 Å². The quantitative estimate of drug-likeness (QED) is 0.903. The molecule has 9 heteroatoms. The Morgan fingerprint density at radius 1 is 1.45 bits per heavy atom. The van der Waals surface area contributed by atoms with Gasteiger partial charge in [-0.25, -0.2) is 12.8 Å². The number of aromatic nitrogens is 2. The number of nitrogens with zero attached hydrogens (tertiary/aromatic N) is 2. The van der Waals surface area contributed by atoms with Crippen LogP contribution in [0.1, 0.15) is 6.92 Å². The molecule has 0 saturated carbocycles. The lowest BCUT2D eigenvalue weighted by atomic mass is 10.3. The van der Waals surface area contributed by atoms with Crippen LogP contribution in [0.15, 0.2) is 29.3 Å². The number of nitrogens with two attached hydrogens (primary N) is 1. The summed E-state index contributed by atoms with van der Waals surface area (Å²) in [6, 6.07) is 3.38. The van der Waals surface area contributed by atoms with Crippen LogP contribution < -0.4 is 10.5 Å². The monoisotopic (exact) mass is 318 g/mol. The number of nitrogens with one attached hydrogen (secondary N) is 1. The maximum absolute atomic E-state index is 13.2. The molecule has 0 amide bonds. The first-order valence-electron chi connectivity index (χ1n) is 5.63. The fourth-order valence-electron chi connectivity index (χ4n) is 1.61. The Morgan fingerprint density at radius 2 is 2.15 bits per heavy atom. The maximum Gasteiger partial charge on any atom is 0.267 e. The van der Waals surface area contributed by atoms with Crippen molar-refractivity contribution in [3.8, 4) is 0 Å². The molecule has 0 saturated heterocycles. The van der Waals surface area contributed by atoms with Crippen molar-refractivity contribution >= 4 is 33.1 Å². The summed E-state index contributed by atoms with van der Waals surface area (Å²) in [7, 11) is -3.95. The molecule has 0 bridgehead atoms. The molecule has 108 valence electrons. The molecule has 0 atom stereocenters. The first kappa shape index (κ1) is 14.6. The zero-order chi connectivity index (χ0) is 14.9. The predicted octanol–water partition coefficient (Wildman–Crippen LogP) is 2.08. The van der Waals surface area contributed by atoms with Crippen molar-refractivity contribution in [2.24, 2.45) is 0 Å². The molecular formula is C11H12ClFN4O2S. The second-order valence-electron chi connectivity index (χ2n) is 4.00. The number of halogens is 2. The molecule has 1 aromatic heterocycles. The van der Waals surface area contributed by atoms with Gasteiger partial charge in [0.2, 0.25) is 0 Å². The summed E-state index contributed by atoms with van der Waals surface area (Å²) in [6.45, 7) is 2.27. The topological polar surface area (TPSA) is 90.0 Å². The first-order chi connectivity index (χ1) is 9.31. The van der Waals surface area contributed by atoms with Crippen LogP contribution in [0, 0.1) is 5.82 Å². The van der Waals surface area contributed by atoms with Crippen molar-refractivity contribution < 1.29 is 12.8 Å². The Labute approximate surface area is 120 Å². The summed E-state index contributed by atoms with van der Waals surface area (Å²) in [4.78, 5) is -0.167. The lowest BCUT2D eigenvalue weighted by Gasteiger charge is -2.07. The molecule has 6 nitrogen and oxygen atoms in total. The lowest BCUT2D eigenvalue weighted by molar-refractivity contribution is 0.600. The number of rotatable bonds is 4. The minimum absolute atomic E-state index is 0.0126. The third kappa shape index (κ3) is 3.02. The maximum atomic E-state index is 13.2. The van der Waals surface area contributed by atoms with Gasteiger partial charge in [-0.15, -0.1) is 0 Å². The lowest BCUT2D eigenvalue weighted by Crippen LogP contribution is -2.14. The van der Waals surface area contributed by atoms with Crippen molar-refractivity contribution in [2.45, 2.75) is 18.4 Å². The normalized spacial score (nSPS) is 11.6. The Balaban J connectivity index is 2.37. The summed E-state index contributed by atoms with van der Waals surface area (Å²) in [5.41, 5.74) is 5.58. The molecule has 0 fully saturated rings. The SMILES string of the molecule is CCn1cc(S(=O)(=O)Nc2cc(F)cc(Cl)c2)c(N)n1. The van der Waals surface area contributed by atoms with E-state index in [0.29, 0.717) is 6.54 Å². The highest BCUT2D eigenvalue weighted by Gasteiger charge is 2.21. The van der Waals surface area contributed by atoms with Crippen LogP contribution in [-0.2, 0) is 16.6 Å². The van der Waals surface area contributed by atoms with Gasteiger partial charge >= 0.3 is 0 Å². The molecule has 0 unspecified atom stereocenters. The minimum atomic E-state index is -3.95. The fourth-order valence-corrected chi connectivity index (χ4v) is 2.95. The second-order valence-corrected chi connectivity index (χ2v) is 6.09. The van der Waals surface area contributed by atoms with Crippen molar-refractivity contribution in [3.63, 3.8) is 0 Å². The van der Waals surface area contributed by atoms with Crippen LogP contribution in [0.5, 0.6) is 0 Å². The van der Waals surface area contributed by atoms with Crippen molar-refractivity contribution in [3.05, 3.63) is 35.2 Å². The Hall–Kier alpha value is -1.80. The molecule has 0 aliphatic carbocycles. The van der Waals surface area contributed by atoms with E-state index >= 15 is 0 Å². The van der Waals surface area contributed by atoms with Gasteiger partial charge in [-0.3, -0.25) is 9.40 Å². The van der Waals surface area contributed by atoms with Crippen LogP contribution in [0.25, 0.3) is 0 Å². The van der Waals surface area contributed by atoms with E-state index in [9.17, 15) is 12.8 Å². The number of anilines is 2. The highest BCUT2D eigenvalue weighted by Crippen LogP contribution is 2.23. The summed E-state index contributed by atoms with van der Waals surface area (Å²) in [6.07, 6.45) is 1.30. The molecule has 0 aliphatic rings. The molecule has 0 spiro atoms. The van der Waals surface area contributed by atoms with E-state index in [4.69, 9.17) is 17.3 Å². The molecule has 20 heavy (non-hydrogen) atoms. The average molecular weight is 319 g/mol. The van der Waals surface area contributed by atoms with Crippen molar-refractivity contribution in [2.75, 3.05) is 10.5 Å². The molecule has 1 heterocycles. The summed E-state index contributed by atoms with van der Waals surface area (Å²) in [5, 5.41) is 3.93. The number of hydrogen-bond acceptors (Lipinski definition) is 4. The fraction of sp³-hybridized carbons (Fsp3) is 0.182. The standard InChI is InChI=1S/C11H12ClFN4O2S/c1-2-17-6-10(11(14)15-17)20(18,19)16-9-4-7(12)3-8(13)5-9/h3-6,16H,2H2,1H3,(H2,14,15). The third-order valence-electron chi connectivity index (χ3n) is 2.48. The molecule has 1 aromatic carbocycles. The van der Waals surface area contributed by atoms with Gasteiger partial charge < -0.3 is 5.73 Å². The van der Waals surface area contributed by atoms with E-state index in [1.807, 2.05) is 0 Å².